The predicted octanol–water partition coefficient (Wildman–Crippen LogP) is 2.33. The van der Waals surface area contributed by atoms with E-state index in [-0.39, 0.29) is 0 Å². The van der Waals surface area contributed by atoms with Crippen molar-refractivity contribution in [2.24, 2.45) is 0 Å². The van der Waals surface area contributed by atoms with E-state index < -0.39 is 0 Å². The minimum Gasteiger partial charge on any atom is -0.397 e. The van der Waals surface area contributed by atoms with Crippen LogP contribution in [0.3, 0.4) is 0 Å². The third kappa shape index (κ3) is 1.48. The van der Waals surface area contributed by atoms with E-state index in [9.17, 15) is 0 Å². The van der Waals surface area contributed by atoms with Gasteiger partial charge in [-0.1, -0.05) is 24.3 Å². The quantitative estimate of drug-likeness (QED) is 0.673. The number of hydrogen-bond acceptors (Lipinski definition) is 5. The number of benzene rings is 2. The Morgan fingerprint density at radius 3 is 2.37 bits per heavy atom. The molecule has 94 valence electrons. The Morgan fingerprint density at radius 1 is 0.947 bits per heavy atom. The molecule has 0 atom stereocenters. The fourth-order valence-electron chi connectivity index (χ4n) is 2.63. The van der Waals surface area contributed by atoms with Gasteiger partial charge < -0.3 is 10.6 Å². The van der Waals surface area contributed by atoms with Gasteiger partial charge >= 0.3 is 0 Å². The molecule has 1 aromatic heterocycles. The molecule has 0 unspecified atom stereocenters. The molecule has 2 N–H and O–H groups in total. The predicted molar refractivity (Wildman–Crippen MR) is 72.5 cm³/mol. The van der Waals surface area contributed by atoms with E-state index in [0.717, 1.165) is 24.3 Å². The summed E-state index contributed by atoms with van der Waals surface area (Å²) >= 11 is 0. The van der Waals surface area contributed by atoms with Crippen molar-refractivity contribution in [3.63, 3.8) is 0 Å². The lowest BCUT2D eigenvalue weighted by atomic mass is 10.1. The number of aromatic nitrogens is 2. The lowest BCUT2D eigenvalue weighted by Crippen LogP contribution is -2.15. The molecule has 19 heavy (non-hydrogen) atoms. The minimum atomic E-state index is 0.594. The Kier molecular flexibility index (Phi) is 2.03. The molecule has 0 fully saturated rings. The zero-order chi connectivity index (χ0) is 12.8. The number of hydrogen-bond donors (Lipinski definition) is 1. The van der Waals surface area contributed by atoms with Crippen LogP contribution in [0.1, 0.15) is 11.1 Å². The molecule has 5 heteroatoms. The third-order valence-corrected chi connectivity index (χ3v) is 3.61. The highest BCUT2D eigenvalue weighted by Crippen LogP contribution is 2.33. The monoisotopic (exact) mass is 252 g/mol. The summed E-state index contributed by atoms with van der Waals surface area (Å²) < 4.78 is 4.82. The van der Waals surface area contributed by atoms with Crippen molar-refractivity contribution < 1.29 is 4.63 Å². The number of anilines is 2. The average molecular weight is 252 g/mol. The van der Waals surface area contributed by atoms with Gasteiger partial charge in [0.05, 0.1) is 11.4 Å². The van der Waals surface area contributed by atoms with Gasteiger partial charge in [0.2, 0.25) is 0 Å². The van der Waals surface area contributed by atoms with Crippen LogP contribution in [0.5, 0.6) is 0 Å². The van der Waals surface area contributed by atoms with E-state index in [1.165, 1.54) is 11.1 Å². The molecule has 0 spiro atoms. The fraction of sp³-hybridized carbons (Fsp3) is 0.143. The van der Waals surface area contributed by atoms with E-state index in [1.54, 1.807) is 0 Å². The molecule has 0 aliphatic carbocycles. The highest BCUT2D eigenvalue weighted by Gasteiger charge is 2.22. The second kappa shape index (κ2) is 3.71. The van der Waals surface area contributed by atoms with Gasteiger partial charge in [-0.25, -0.2) is 4.63 Å². The molecule has 0 amide bonds. The van der Waals surface area contributed by atoms with E-state index in [0.29, 0.717) is 11.2 Å². The smallest absolute Gasteiger partial charge is 0.160 e. The second-order valence-electron chi connectivity index (χ2n) is 4.76. The number of rotatable bonds is 1. The van der Waals surface area contributed by atoms with E-state index in [2.05, 4.69) is 39.5 Å². The Morgan fingerprint density at radius 2 is 1.63 bits per heavy atom. The lowest BCUT2D eigenvalue weighted by molar-refractivity contribution is 0.315. The Balaban J connectivity index is 1.81. The van der Waals surface area contributed by atoms with Crippen LogP contribution in [0, 0.1) is 0 Å². The first kappa shape index (κ1) is 10.4. The largest absolute Gasteiger partial charge is 0.397 e. The number of nitrogens with two attached hydrogens (primary N) is 1. The molecular formula is C14H12N4O. The summed E-state index contributed by atoms with van der Waals surface area (Å²) in [5.41, 5.74) is 11.5. The van der Waals surface area contributed by atoms with Crippen molar-refractivity contribution in [1.82, 2.24) is 10.3 Å². The van der Waals surface area contributed by atoms with Crippen LogP contribution in [-0.4, -0.2) is 10.3 Å². The molecule has 2 heterocycles. The van der Waals surface area contributed by atoms with Gasteiger partial charge in [-0.05, 0) is 33.6 Å². The summed E-state index contributed by atoms with van der Waals surface area (Å²) in [7, 11) is 0. The maximum absolute atomic E-state index is 5.87. The summed E-state index contributed by atoms with van der Waals surface area (Å²) in [5.74, 6) is 0. The molecule has 3 aromatic rings. The average Bonchev–Trinajstić information content (AvgIpc) is 3.05. The molecule has 1 aliphatic rings. The second-order valence-corrected chi connectivity index (χ2v) is 4.76. The molecule has 2 aromatic carbocycles. The Bertz CT molecular complexity index is 740. The maximum Gasteiger partial charge on any atom is 0.160 e. The van der Waals surface area contributed by atoms with Crippen LogP contribution < -0.4 is 10.6 Å². The Labute approximate surface area is 109 Å². The van der Waals surface area contributed by atoms with E-state index >= 15 is 0 Å². The van der Waals surface area contributed by atoms with Gasteiger partial charge in [0.25, 0.3) is 0 Å². The number of fused-ring (bicyclic) bond motifs is 2. The minimum absolute atomic E-state index is 0.594. The van der Waals surface area contributed by atoms with Gasteiger partial charge in [-0.3, -0.25) is 0 Å². The third-order valence-electron chi connectivity index (χ3n) is 3.61. The van der Waals surface area contributed by atoms with E-state index in [4.69, 9.17) is 10.4 Å². The summed E-state index contributed by atoms with van der Waals surface area (Å²) in [6.45, 7) is 1.75. The van der Waals surface area contributed by atoms with Crippen LogP contribution in [0.25, 0.3) is 11.0 Å². The van der Waals surface area contributed by atoms with Crippen molar-refractivity contribution in [3.8, 4) is 0 Å². The molecule has 1 aliphatic heterocycles. The zero-order valence-electron chi connectivity index (χ0n) is 10.2. The molecule has 4 rings (SSSR count). The first-order valence-electron chi connectivity index (χ1n) is 6.15. The van der Waals surface area contributed by atoms with Gasteiger partial charge in [0, 0.05) is 13.1 Å². The van der Waals surface area contributed by atoms with Gasteiger partial charge in [0.1, 0.15) is 0 Å². The van der Waals surface area contributed by atoms with Crippen molar-refractivity contribution >= 4 is 22.4 Å². The van der Waals surface area contributed by atoms with Gasteiger partial charge in [0.15, 0.2) is 11.0 Å². The van der Waals surface area contributed by atoms with E-state index in [1.807, 2.05) is 12.1 Å². The number of nitrogen functional groups attached to an aromatic ring is 1. The van der Waals surface area contributed by atoms with Crippen LogP contribution in [0.15, 0.2) is 41.0 Å². The standard InChI is InChI=1S/C14H12N4O/c15-11-5-6-12(14-13(11)16-19-17-14)18-7-9-3-1-2-4-10(9)8-18/h1-6H,7-8,15H2. The molecule has 0 radical (unpaired) electrons. The highest BCUT2D eigenvalue weighted by molar-refractivity contribution is 5.95. The van der Waals surface area contributed by atoms with Crippen molar-refractivity contribution in [3.05, 3.63) is 47.5 Å². The fourth-order valence-corrected chi connectivity index (χ4v) is 2.63. The number of nitrogens with zero attached hydrogens (tertiary/aromatic N) is 3. The van der Waals surface area contributed by atoms with Crippen molar-refractivity contribution in [2.45, 2.75) is 13.1 Å². The van der Waals surface area contributed by atoms with Crippen LogP contribution in [0.2, 0.25) is 0 Å². The van der Waals surface area contributed by atoms with Crippen molar-refractivity contribution in [1.29, 1.82) is 0 Å². The highest BCUT2D eigenvalue weighted by atomic mass is 16.6. The normalized spacial score (nSPS) is 14.0. The zero-order valence-corrected chi connectivity index (χ0v) is 10.2. The summed E-state index contributed by atoms with van der Waals surface area (Å²) in [6.07, 6.45) is 0. The van der Waals surface area contributed by atoms with Crippen LogP contribution >= 0.6 is 0 Å². The lowest BCUT2D eigenvalue weighted by Gasteiger charge is -2.17. The van der Waals surface area contributed by atoms with Crippen LogP contribution in [-0.2, 0) is 13.1 Å². The molecule has 5 nitrogen and oxygen atoms in total. The summed E-state index contributed by atoms with van der Waals surface area (Å²) in [4.78, 5) is 2.26. The molecule has 0 bridgehead atoms. The topological polar surface area (TPSA) is 68.2 Å². The maximum atomic E-state index is 5.87. The summed E-state index contributed by atoms with van der Waals surface area (Å²) in [5, 5.41) is 7.84. The van der Waals surface area contributed by atoms with Crippen molar-refractivity contribution in [2.75, 3.05) is 10.6 Å². The SMILES string of the molecule is Nc1ccc(N2Cc3ccccc3C2)c2nonc12. The first-order chi connectivity index (χ1) is 9.33. The van der Waals surface area contributed by atoms with Gasteiger partial charge in [-0.2, -0.15) is 0 Å². The molecular weight excluding hydrogens is 240 g/mol. The Hall–Kier alpha value is -2.56. The first-order valence-corrected chi connectivity index (χ1v) is 6.15. The molecule has 0 saturated heterocycles. The summed E-state index contributed by atoms with van der Waals surface area (Å²) in [6, 6.07) is 12.3. The molecule has 0 saturated carbocycles. The van der Waals surface area contributed by atoms with Crippen LogP contribution in [0.4, 0.5) is 11.4 Å². The van der Waals surface area contributed by atoms with Gasteiger partial charge in [-0.15, -0.1) is 0 Å².